The zero-order valence-corrected chi connectivity index (χ0v) is 13.6. The van der Waals surface area contributed by atoms with Gasteiger partial charge in [0.2, 0.25) is 0 Å². The van der Waals surface area contributed by atoms with E-state index >= 15 is 0 Å². The van der Waals surface area contributed by atoms with Gasteiger partial charge in [0.1, 0.15) is 5.15 Å². The van der Waals surface area contributed by atoms with E-state index < -0.39 is 0 Å². The summed E-state index contributed by atoms with van der Waals surface area (Å²) in [4.78, 5) is 8.59. The Morgan fingerprint density at radius 1 is 1.21 bits per heavy atom. The molecule has 0 aliphatic rings. The summed E-state index contributed by atoms with van der Waals surface area (Å²) in [5.74, 6) is 0.432. The van der Waals surface area contributed by atoms with E-state index in [-0.39, 0.29) is 0 Å². The molecule has 0 aliphatic carbocycles. The molecular weight excluding hydrogens is 374 g/mol. The van der Waals surface area contributed by atoms with Gasteiger partial charge in [-0.3, -0.25) is 0 Å². The van der Waals surface area contributed by atoms with Crippen molar-refractivity contribution in [3.8, 4) is 11.4 Å². The summed E-state index contributed by atoms with van der Waals surface area (Å²) in [6.45, 7) is 0.320. The third-order valence-corrected chi connectivity index (χ3v) is 4.22. The fraction of sp³-hybridized carbons (Fsp3) is 0.167. The molecule has 0 N–H and O–H groups in total. The van der Waals surface area contributed by atoms with Crippen molar-refractivity contribution in [2.75, 3.05) is 7.11 Å². The Morgan fingerprint density at radius 3 is 2.58 bits per heavy atom. The second-order valence-electron chi connectivity index (χ2n) is 3.66. The largest absolute Gasteiger partial charge is 0.378 e. The minimum atomic E-state index is 0.308. The summed E-state index contributed by atoms with van der Waals surface area (Å²) >= 11 is 21.4. The lowest BCUT2D eigenvalue weighted by molar-refractivity contribution is 0.181. The van der Waals surface area contributed by atoms with Crippen molar-refractivity contribution in [1.29, 1.82) is 0 Å². The minimum Gasteiger partial charge on any atom is -0.378 e. The lowest BCUT2D eigenvalue weighted by Crippen LogP contribution is -2.00. The maximum atomic E-state index is 6.14. The first-order valence-electron chi connectivity index (χ1n) is 5.19. The molecule has 7 heteroatoms. The molecule has 3 nitrogen and oxygen atoms in total. The SMILES string of the molecule is COCc1nc(-c2ccc(Cl)cc2Cl)nc(Cl)c1Br. The number of hydrogen-bond donors (Lipinski definition) is 0. The van der Waals surface area contributed by atoms with Crippen LogP contribution in [0.3, 0.4) is 0 Å². The molecule has 1 aromatic heterocycles. The fourth-order valence-corrected chi connectivity index (χ4v) is 2.46. The molecule has 2 rings (SSSR count). The van der Waals surface area contributed by atoms with Crippen LogP contribution in [-0.4, -0.2) is 17.1 Å². The van der Waals surface area contributed by atoms with E-state index in [9.17, 15) is 0 Å². The Balaban J connectivity index is 2.56. The molecule has 0 radical (unpaired) electrons. The second-order valence-corrected chi connectivity index (χ2v) is 5.65. The van der Waals surface area contributed by atoms with Gasteiger partial charge in [0, 0.05) is 17.7 Å². The molecular formula is C12H8BrCl3N2O. The topological polar surface area (TPSA) is 35.0 Å². The average molecular weight is 382 g/mol. The number of rotatable bonds is 3. The Morgan fingerprint density at radius 2 is 1.95 bits per heavy atom. The smallest absolute Gasteiger partial charge is 0.162 e. The Bertz CT molecular complexity index is 622. The van der Waals surface area contributed by atoms with Crippen LogP contribution in [-0.2, 0) is 11.3 Å². The summed E-state index contributed by atoms with van der Waals surface area (Å²) in [6, 6.07) is 5.10. The van der Waals surface area contributed by atoms with Gasteiger partial charge in [0.05, 0.1) is 21.8 Å². The molecule has 1 heterocycles. The number of nitrogens with zero attached hydrogens (tertiary/aromatic N) is 2. The van der Waals surface area contributed by atoms with Gasteiger partial charge in [-0.05, 0) is 34.1 Å². The molecule has 1 aromatic carbocycles. The van der Waals surface area contributed by atoms with Crippen LogP contribution in [0, 0.1) is 0 Å². The first kappa shape index (κ1) is 15.0. The molecule has 0 fully saturated rings. The summed E-state index contributed by atoms with van der Waals surface area (Å²) in [6.07, 6.45) is 0. The number of benzene rings is 1. The van der Waals surface area contributed by atoms with E-state index in [0.29, 0.717) is 43.4 Å². The molecule has 0 aliphatic heterocycles. The zero-order valence-electron chi connectivity index (χ0n) is 9.75. The van der Waals surface area contributed by atoms with Crippen molar-refractivity contribution < 1.29 is 4.74 Å². The standard InChI is InChI=1S/C12H8BrCl3N2O/c1-19-5-9-10(13)11(16)18-12(17-9)7-3-2-6(14)4-8(7)15/h2-4H,5H2,1H3. The fourth-order valence-electron chi connectivity index (χ4n) is 1.49. The Labute approximate surface area is 134 Å². The van der Waals surface area contributed by atoms with Crippen molar-refractivity contribution in [3.05, 3.63) is 43.6 Å². The summed E-state index contributed by atoms with van der Waals surface area (Å²) in [5.41, 5.74) is 1.32. The molecule has 0 bridgehead atoms. The highest BCUT2D eigenvalue weighted by Crippen LogP contribution is 2.32. The van der Waals surface area contributed by atoms with Crippen molar-refractivity contribution in [2.24, 2.45) is 0 Å². The average Bonchev–Trinajstić information content (AvgIpc) is 2.35. The maximum Gasteiger partial charge on any atom is 0.162 e. The van der Waals surface area contributed by atoms with Crippen LogP contribution in [0.4, 0.5) is 0 Å². The van der Waals surface area contributed by atoms with E-state index in [1.165, 1.54) is 0 Å². The van der Waals surface area contributed by atoms with Gasteiger partial charge in [-0.25, -0.2) is 9.97 Å². The number of methoxy groups -OCH3 is 1. The molecule has 0 saturated carbocycles. The quantitative estimate of drug-likeness (QED) is 0.700. The molecule has 0 atom stereocenters. The van der Waals surface area contributed by atoms with Gasteiger partial charge in [-0.2, -0.15) is 0 Å². The summed E-state index contributed by atoms with van der Waals surface area (Å²) in [5, 5.41) is 1.33. The molecule has 19 heavy (non-hydrogen) atoms. The minimum absolute atomic E-state index is 0.308. The monoisotopic (exact) mass is 380 g/mol. The highest BCUT2D eigenvalue weighted by atomic mass is 79.9. The molecule has 2 aromatic rings. The molecule has 0 spiro atoms. The van der Waals surface area contributed by atoms with E-state index in [2.05, 4.69) is 25.9 Å². The van der Waals surface area contributed by atoms with Crippen molar-refractivity contribution in [1.82, 2.24) is 9.97 Å². The normalized spacial score (nSPS) is 10.8. The van der Waals surface area contributed by atoms with Crippen LogP contribution in [0.2, 0.25) is 15.2 Å². The van der Waals surface area contributed by atoms with Crippen LogP contribution in [0.25, 0.3) is 11.4 Å². The van der Waals surface area contributed by atoms with Crippen molar-refractivity contribution >= 4 is 50.7 Å². The lowest BCUT2D eigenvalue weighted by Gasteiger charge is -2.09. The van der Waals surface area contributed by atoms with Gasteiger partial charge < -0.3 is 4.74 Å². The maximum absolute atomic E-state index is 6.14. The van der Waals surface area contributed by atoms with Gasteiger partial charge in [0.15, 0.2) is 5.82 Å². The number of halogens is 4. The number of aromatic nitrogens is 2. The van der Waals surface area contributed by atoms with Crippen LogP contribution < -0.4 is 0 Å². The van der Waals surface area contributed by atoms with Crippen molar-refractivity contribution in [3.63, 3.8) is 0 Å². The van der Waals surface area contributed by atoms with E-state index in [0.717, 1.165) is 0 Å². The van der Waals surface area contributed by atoms with Gasteiger partial charge in [-0.15, -0.1) is 0 Å². The summed E-state index contributed by atoms with van der Waals surface area (Å²) in [7, 11) is 1.58. The van der Waals surface area contributed by atoms with Crippen LogP contribution in [0.15, 0.2) is 22.7 Å². The van der Waals surface area contributed by atoms with Crippen LogP contribution >= 0.6 is 50.7 Å². The van der Waals surface area contributed by atoms with Gasteiger partial charge >= 0.3 is 0 Å². The zero-order chi connectivity index (χ0) is 14.0. The van der Waals surface area contributed by atoms with Crippen LogP contribution in [0.5, 0.6) is 0 Å². The number of ether oxygens (including phenoxy) is 1. The Hall–Kier alpha value is -0.390. The molecule has 100 valence electrons. The second kappa shape index (κ2) is 6.37. The predicted molar refractivity (Wildman–Crippen MR) is 80.9 cm³/mol. The van der Waals surface area contributed by atoms with Gasteiger partial charge in [-0.1, -0.05) is 34.8 Å². The Kier molecular flexibility index (Phi) is 5.03. The van der Waals surface area contributed by atoms with E-state index in [1.807, 2.05) is 0 Å². The van der Waals surface area contributed by atoms with Crippen molar-refractivity contribution in [2.45, 2.75) is 6.61 Å². The third-order valence-electron chi connectivity index (χ3n) is 2.33. The third kappa shape index (κ3) is 3.38. The molecule has 0 unspecified atom stereocenters. The molecule has 0 saturated heterocycles. The summed E-state index contributed by atoms with van der Waals surface area (Å²) < 4.78 is 5.69. The predicted octanol–water partition coefficient (Wildman–Crippen LogP) is 5.01. The first-order valence-corrected chi connectivity index (χ1v) is 7.12. The lowest BCUT2D eigenvalue weighted by atomic mass is 10.2. The number of hydrogen-bond acceptors (Lipinski definition) is 3. The van der Waals surface area contributed by atoms with Crippen LogP contribution in [0.1, 0.15) is 5.69 Å². The first-order chi connectivity index (χ1) is 9.02. The highest BCUT2D eigenvalue weighted by molar-refractivity contribution is 9.10. The van der Waals surface area contributed by atoms with E-state index in [1.54, 1.807) is 25.3 Å². The van der Waals surface area contributed by atoms with Gasteiger partial charge in [0.25, 0.3) is 0 Å². The molecule has 0 amide bonds. The highest BCUT2D eigenvalue weighted by Gasteiger charge is 2.14. The van der Waals surface area contributed by atoms with E-state index in [4.69, 9.17) is 39.5 Å².